The van der Waals surface area contributed by atoms with Crippen molar-refractivity contribution in [2.24, 2.45) is 5.92 Å². The molecule has 8 nitrogen and oxygen atoms in total. The fourth-order valence-corrected chi connectivity index (χ4v) is 7.57. The van der Waals surface area contributed by atoms with Crippen LogP contribution in [0.25, 0.3) is 11.6 Å². The van der Waals surface area contributed by atoms with Gasteiger partial charge >= 0.3 is 0 Å². The van der Waals surface area contributed by atoms with E-state index >= 15 is 4.39 Å². The van der Waals surface area contributed by atoms with Crippen LogP contribution < -0.4 is 10.6 Å². The molecule has 1 fully saturated rings. The second kappa shape index (κ2) is 19.8. The fourth-order valence-electron chi connectivity index (χ4n) is 7.57. The molecule has 2 unspecified atom stereocenters. The van der Waals surface area contributed by atoms with Crippen LogP contribution in [0.3, 0.4) is 0 Å². The van der Waals surface area contributed by atoms with Crippen molar-refractivity contribution in [2.45, 2.75) is 99.6 Å². The van der Waals surface area contributed by atoms with Gasteiger partial charge in [0.15, 0.2) is 5.78 Å². The number of carbonyl (C=O) groups is 2. The van der Waals surface area contributed by atoms with Crippen molar-refractivity contribution >= 4 is 29.0 Å². The lowest BCUT2D eigenvalue weighted by Gasteiger charge is -2.37. The highest BCUT2D eigenvalue weighted by molar-refractivity contribution is 5.95. The van der Waals surface area contributed by atoms with Gasteiger partial charge in [0, 0.05) is 104 Å². The average Bonchev–Trinajstić information content (AvgIpc) is 3.14. The second-order valence-corrected chi connectivity index (χ2v) is 15.0. The number of aryl methyl sites for hydroxylation is 2. The van der Waals surface area contributed by atoms with Gasteiger partial charge in [-0.25, -0.2) is 4.39 Å². The Labute approximate surface area is 318 Å². The first-order valence-corrected chi connectivity index (χ1v) is 19.6. The van der Waals surface area contributed by atoms with Crippen molar-refractivity contribution in [2.75, 3.05) is 51.6 Å². The van der Waals surface area contributed by atoms with E-state index in [-0.39, 0.29) is 23.5 Å². The lowest BCUT2D eigenvalue weighted by Crippen LogP contribution is -2.43. The molecule has 0 spiro atoms. The number of piperidine rings is 1. The molecule has 1 saturated heterocycles. The van der Waals surface area contributed by atoms with Crippen LogP contribution in [-0.4, -0.2) is 89.8 Å². The molecule has 0 bridgehead atoms. The summed E-state index contributed by atoms with van der Waals surface area (Å²) < 4.78 is 15.8. The lowest BCUT2D eigenvalue weighted by molar-refractivity contribution is -0.112. The van der Waals surface area contributed by atoms with Crippen molar-refractivity contribution in [1.29, 1.82) is 0 Å². The van der Waals surface area contributed by atoms with E-state index in [0.717, 1.165) is 92.9 Å². The summed E-state index contributed by atoms with van der Waals surface area (Å²) in [6.45, 7) is 21.8. The number of likely N-dealkylation sites (N-methyl/N-ethyl adjacent to an activating group) is 1. The monoisotopic (exact) mass is 726 g/mol. The molecule has 288 valence electrons. The van der Waals surface area contributed by atoms with Crippen molar-refractivity contribution in [3.05, 3.63) is 93.9 Å². The molecule has 2 aromatic rings. The predicted molar refractivity (Wildman–Crippen MR) is 218 cm³/mol. The van der Waals surface area contributed by atoms with Crippen molar-refractivity contribution in [3.8, 4) is 0 Å². The Morgan fingerprint density at radius 3 is 2.45 bits per heavy atom. The molecule has 9 heteroatoms. The highest BCUT2D eigenvalue weighted by atomic mass is 19.1. The number of carbonyl (C=O) groups excluding carboxylic acids is 2. The van der Waals surface area contributed by atoms with Crippen LogP contribution in [0.5, 0.6) is 0 Å². The Hall–Kier alpha value is -4.08. The van der Waals surface area contributed by atoms with Crippen molar-refractivity contribution in [3.63, 3.8) is 0 Å². The fraction of sp³-hybridized carbons (Fsp3) is 0.523. The molecular weight excluding hydrogens is 664 g/mol. The minimum atomic E-state index is -0.310. The summed E-state index contributed by atoms with van der Waals surface area (Å²) in [5, 5.41) is 6.38. The van der Waals surface area contributed by atoms with Crippen LogP contribution in [-0.2, 0) is 4.79 Å². The smallest absolute Gasteiger partial charge is 0.253 e. The Morgan fingerprint density at radius 1 is 1.11 bits per heavy atom. The predicted octanol–water partition coefficient (Wildman–Crippen LogP) is 8.40. The molecule has 53 heavy (non-hydrogen) atoms. The van der Waals surface area contributed by atoms with Crippen molar-refractivity contribution in [1.82, 2.24) is 25.0 Å². The Morgan fingerprint density at radius 2 is 1.85 bits per heavy atom. The third-order valence-electron chi connectivity index (χ3n) is 11.1. The van der Waals surface area contributed by atoms with Gasteiger partial charge in [0.05, 0.1) is 0 Å². The molecule has 2 atom stereocenters. The summed E-state index contributed by atoms with van der Waals surface area (Å²) in [4.78, 5) is 36.5. The van der Waals surface area contributed by atoms with Gasteiger partial charge in [0.1, 0.15) is 5.82 Å². The molecular formula is C44H63FN6O2. The highest BCUT2D eigenvalue weighted by Gasteiger charge is 2.28. The highest BCUT2D eigenvalue weighted by Crippen LogP contribution is 2.32. The summed E-state index contributed by atoms with van der Waals surface area (Å²) in [6, 6.07) is 6.03. The maximum Gasteiger partial charge on any atom is 0.253 e. The number of hydrogen-bond donors (Lipinski definition) is 2. The first kappa shape index (κ1) is 41.7. The Kier molecular flexibility index (Phi) is 15.6. The van der Waals surface area contributed by atoms with E-state index < -0.39 is 0 Å². The molecule has 0 radical (unpaired) electrons. The largest absolute Gasteiger partial charge is 0.388 e. The van der Waals surface area contributed by atoms with E-state index in [1.807, 2.05) is 43.2 Å². The van der Waals surface area contributed by atoms with E-state index in [1.165, 1.54) is 18.6 Å². The molecule has 0 saturated carbocycles. The molecule has 3 heterocycles. The first-order valence-electron chi connectivity index (χ1n) is 19.6. The van der Waals surface area contributed by atoms with Gasteiger partial charge in [0.25, 0.3) is 5.91 Å². The average molecular weight is 727 g/mol. The number of likely N-dealkylation sites (tertiary alicyclic amines) is 1. The number of halogens is 1. The minimum Gasteiger partial charge on any atom is -0.388 e. The second-order valence-electron chi connectivity index (χ2n) is 15.0. The zero-order valence-electron chi connectivity index (χ0n) is 33.7. The summed E-state index contributed by atoms with van der Waals surface area (Å²) in [6.07, 6.45) is 16.3. The zero-order valence-corrected chi connectivity index (χ0v) is 33.7. The number of hydrogen-bond acceptors (Lipinski definition) is 7. The first-order chi connectivity index (χ1) is 25.4. The van der Waals surface area contributed by atoms with Crippen LogP contribution >= 0.6 is 0 Å². The third kappa shape index (κ3) is 11.2. The van der Waals surface area contributed by atoms with E-state index in [1.54, 1.807) is 19.3 Å². The van der Waals surface area contributed by atoms with Crippen LogP contribution in [0.15, 0.2) is 60.1 Å². The number of benzene rings is 1. The number of aromatic nitrogens is 1. The van der Waals surface area contributed by atoms with Gasteiger partial charge in [-0.3, -0.25) is 19.5 Å². The van der Waals surface area contributed by atoms with Gasteiger partial charge < -0.3 is 20.4 Å². The summed E-state index contributed by atoms with van der Waals surface area (Å²) >= 11 is 0. The standard InChI is InChI=1S/C44H63FN6O2/c1-10-20-51(32(5)11-2)29-36-14-21-50(22-15-36)44(53)38-25-31(4)43(41(45)28-38)37-16-23-49(24-17-37)35(8)30(3)26-40-34(7)47-19-13-42(40)48-18-12-39(46-9)27-33(6)52/h12-13,16,18-19,25-28,32,35-36,46H,10-11,14-15,17,20-24,29H2,1-9H3,(H,47,48)/b18-12-,30-26+,39-27+. The number of allylic oxidation sites excluding steroid dienone is 2. The molecule has 4 rings (SSSR count). The summed E-state index contributed by atoms with van der Waals surface area (Å²) in [7, 11) is 1.78. The van der Waals surface area contributed by atoms with Gasteiger partial charge in [0.2, 0.25) is 0 Å². The third-order valence-corrected chi connectivity index (χ3v) is 11.1. The molecule has 2 N–H and O–H groups in total. The number of pyridine rings is 1. The summed E-state index contributed by atoms with van der Waals surface area (Å²) in [5.41, 5.74) is 7.66. The topological polar surface area (TPSA) is 80.8 Å². The summed E-state index contributed by atoms with van der Waals surface area (Å²) in [5.74, 6) is 0.201. The van der Waals surface area contributed by atoms with E-state index in [4.69, 9.17) is 0 Å². The molecule has 2 aliphatic rings. The zero-order chi connectivity index (χ0) is 38.7. The number of rotatable bonds is 16. The maximum absolute atomic E-state index is 15.8. The molecule has 1 aromatic heterocycles. The Balaban J connectivity index is 1.39. The molecule has 1 aromatic carbocycles. The van der Waals surface area contributed by atoms with E-state index in [2.05, 4.69) is 72.2 Å². The normalized spacial score (nSPS) is 17.6. The molecule has 2 aliphatic heterocycles. The minimum absolute atomic E-state index is 0.0236. The van der Waals surface area contributed by atoms with Crippen molar-refractivity contribution < 1.29 is 14.0 Å². The number of anilines is 1. The SMILES string of the molecule is CCCN(CC1CCN(C(=O)c2cc(C)c(C3=CCN(C(C)/C(C)=C/c4c(N/C=C\C(=C/C(C)=O)NC)ccnc4C)CC3)c(F)c2)CC1)C(C)CC. The lowest BCUT2D eigenvalue weighted by atomic mass is 9.91. The van der Waals surface area contributed by atoms with Crippen LogP contribution in [0.1, 0.15) is 106 Å². The van der Waals surface area contributed by atoms with Gasteiger partial charge in [-0.05, 0) is 122 Å². The van der Waals surface area contributed by atoms with E-state index in [9.17, 15) is 9.59 Å². The van der Waals surface area contributed by atoms with Crippen LogP contribution in [0, 0.1) is 25.6 Å². The van der Waals surface area contributed by atoms with Gasteiger partial charge in [-0.1, -0.05) is 31.6 Å². The number of nitrogens with zero attached hydrogens (tertiary/aromatic N) is 4. The number of amides is 1. The molecule has 0 aliphatic carbocycles. The van der Waals surface area contributed by atoms with E-state index in [0.29, 0.717) is 35.3 Å². The van der Waals surface area contributed by atoms with Gasteiger partial charge in [-0.15, -0.1) is 0 Å². The van der Waals surface area contributed by atoms with Crippen LogP contribution in [0.2, 0.25) is 0 Å². The quantitative estimate of drug-likeness (QED) is 0.133. The maximum atomic E-state index is 15.8. The van der Waals surface area contributed by atoms with Crippen LogP contribution in [0.4, 0.5) is 10.1 Å². The Bertz CT molecular complexity index is 1680. The number of ketones is 1. The number of nitrogens with one attached hydrogen (secondary N) is 2. The van der Waals surface area contributed by atoms with Gasteiger partial charge in [-0.2, -0.15) is 0 Å². The molecule has 1 amide bonds.